The van der Waals surface area contributed by atoms with E-state index in [0.717, 1.165) is 66.8 Å². The summed E-state index contributed by atoms with van der Waals surface area (Å²) in [6.45, 7) is 2.63. The van der Waals surface area contributed by atoms with Gasteiger partial charge in [0.25, 0.3) is 0 Å². The second kappa shape index (κ2) is 8.73. The summed E-state index contributed by atoms with van der Waals surface area (Å²) in [7, 11) is 0. The highest BCUT2D eigenvalue weighted by molar-refractivity contribution is 6.00. The van der Waals surface area contributed by atoms with Crippen LogP contribution in [0.25, 0.3) is 22.2 Å². The second-order valence-corrected chi connectivity index (χ2v) is 10.7. The molecule has 1 aliphatic carbocycles. The van der Waals surface area contributed by atoms with Gasteiger partial charge in [0.15, 0.2) is 11.3 Å². The Morgan fingerprint density at radius 1 is 1.05 bits per heavy atom. The van der Waals surface area contributed by atoms with E-state index in [9.17, 15) is 9.90 Å². The number of carbonyl (C=O) groups is 1. The molecule has 2 aromatic carbocycles. The maximum atomic E-state index is 11.4. The Labute approximate surface area is 214 Å². The molecule has 1 saturated carbocycles. The lowest BCUT2D eigenvalue weighted by Gasteiger charge is -2.40. The summed E-state index contributed by atoms with van der Waals surface area (Å²) >= 11 is 0. The molecule has 2 saturated heterocycles. The summed E-state index contributed by atoms with van der Waals surface area (Å²) in [5.74, 6) is 0.391. The van der Waals surface area contributed by atoms with Crippen LogP contribution in [0.4, 0.5) is 5.69 Å². The normalized spacial score (nSPS) is 23.2. The van der Waals surface area contributed by atoms with Gasteiger partial charge in [0, 0.05) is 40.9 Å². The first-order valence-electron chi connectivity index (χ1n) is 13.1. The number of nitrogens with zero attached hydrogens (tertiary/aromatic N) is 3. The fourth-order valence-corrected chi connectivity index (χ4v) is 6.30. The number of anilines is 1. The lowest BCUT2D eigenvalue weighted by atomic mass is 9.98. The molecule has 190 valence electrons. The predicted octanol–water partition coefficient (Wildman–Crippen LogP) is 6.08. The van der Waals surface area contributed by atoms with Crippen LogP contribution in [0.5, 0.6) is 0 Å². The Morgan fingerprint density at radius 3 is 2.57 bits per heavy atom. The third kappa shape index (κ3) is 3.91. The third-order valence-electron chi connectivity index (χ3n) is 8.28. The Balaban J connectivity index is 1.09. The van der Waals surface area contributed by atoms with E-state index in [4.69, 9.17) is 13.8 Å². The van der Waals surface area contributed by atoms with E-state index in [1.807, 2.05) is 30.3 Å². The number of hydrogen-bond acceptors (Lipinski definition) is 7. The van der Waals surface area contributed by atoms with E-state index < -0.39 is 5.97 Å². The number of carboxylic acid groups (broad SMARTS) is 1. The predicted molar refractivity (Wildman–Crippen MR) is 137 cm³/mol. The molecule has 3 fully saturated rings. The van der Waals surface area contributed by atoms with Gasteiger partial charge >= 0.3 is 5.97 Å². The van der Waals surface area contributed by atoms with Crippen LogP contribution in [0.15, 0.2) is 51.5 Å². The molecule has 4 aromatic rings. The number of aromatic nitrogens is 2. The average Bonchev–Trinajstić information content (AvgIpc) is 3.41. The molecule has 37 heavy (non-hydrogen) atoms. The first kappa shape index (κ1) is 22.5. The van der Waals surface area contributed by atoms with Crippen molar-refractivity contribution in [3.63, 3.8) is 0 Å². The van der Waals surface area contributed by atoms with Gasteiger partial charge in [-0.3, -0.25) is 0 Å². The number of aromatic carboxylic acids is 1. The maximum absolute atomic E-state index is 11.4. The Hall–Kier alpha value is -3.65. The van der Waals surface area contributed by atoms with Gasteiger partial charge in [-0.2, -0.15) is 0 Å². The van der Waals surface area contributed by atoms with Crippen molar-refractivity contribution in [3.05, 3.63) is 65.0 Å². The highest BCUT2D eigenvalue weighted by Gasteiger charge is 2.42. The molecule has 0 radical (unpaired) electrons. The molecular weight excluding hydrogens is 470 g/mol. The minimum absolute atomic E-state index is 0.0407. The second-order valence-electron chi connectivity index (χ2n) is 10.7. The first-order chi connectivity index (χ1) is 18.1. The van der Waals surface area contributed by atoms with Crippen LogP contribution >= 0.6 is 0 Å². The van der Waals surface area contributed by atoms with E-state index in [1.54, 1.807) is 0 Å². The van der Waals surface area contributed by atoms with Gasteiger partial charge in [-0.1, -0.05) is 34.6 Å². The van der Waals surface area contributed by atoms with Crippen molar-refractivity contribution >= 4 is 22.6 Å². The van der Waals surface area contributed by atoms with Crippen LogP contribution in [0.2, 0.25) is 0 Å². The highest BCUT2D eigenvalue weighted by Crippen LogP contribution is 2.45. The van der Waals surface area contributed by atoms with Crippen LogP contribution in [-0.2, 0) is 11.3 Å². The zero-order chi connectivity index (χ0) is 25.1. The summed E-state index contributed by atoms with van der Waals surface area (Å²) in [6.07, 6.45) is 6.63. The number of piperidine rings is 1. The van der Waals surface area contributed by atoms with Crippen molar-refractivity contribution < 1.29 is 23.7 Å². The minimum Gasteiger partial charge on any atom is -0.476 e. The number of aryl methyl sites for hydroxylation is 1. The summed E-state index contributed by atoms with van der Waals surface area (Å²) < 4.78 is 17.8. The molecule has 0 amide bonds. The Morgan fingerprint density at radius 2 is 1.84 bits per heavy atom. The molecule has 0 spiro atoms. The van der Waals surface area contributed by atoms with Gasteiger partial charge in [0.1, 0.15) is 11.5 Å². The molecule has 7 rings (SSSR count). The topological polar surface area (TPSA) is 102 Å². The summed E-state index contributed by atoms with van der Waals surface area (Å²) in [4.78, 5) is 13.9. The van der Waals surface area contributed by atoms with Crippen molar-refractivity contribution in [3.8, 4) is 11.3 Å². The molecule has 3 aliphatic rings. The molecule has 4 heterocycles. The van der Waals surface area contributed by atoms with Gasteiger partial charge < -0.3 is 23.8 Å². The van der Waals surface area contributed by atoms with Gasteiger partial charge in [-0.15, -0.1) is 0 Å². The first-order valence-corrected chi connectivity index (χ1v) is 13.1. The fraction of sp³-hybridized carbons (Fsp3) is 0.414. The van der Waals surface area contributed by atoms with Crippen molar-refractivity contribution in [2.45, 2.75) is 76.2 Å². The number of carboxylic acids is 1. The molecule has 3 atom stereocenters. The molecule has 2 aromatic heterocycles. The fourth-order valence-electron chi connectivity index (χ4n) is 6.30. The molecule has 1 N–H and O–H groups in total. The quantitative estimate of drug-likeness (QED) is 0.326. The highest BCUT2D eigenvalue weighted by atomic mass is 16.5. The van der Waals surface area contributed by atoms with Crippen LogP contribution in [-0.4, -0.2) is 39.6 Å². The molecule has 2 aliphatic heterocycles. The zero-order valence-corrected chi connectivity index (χ0v) is 20.7. The van der Waals surface area contributed by atoms with E-state index in [2.05, 4.69) is 34.3 Å². The van der Waals surface area contributed by atoms with Gasteiger partial charge in [0.2, 0.25) is 0 Å². The molecule has 2 bridgehead atoms. The minimum atomic E-state index is -1.08. The largest absolute Gasteiger partial charge is 0.476 e. The van der Waals surface area contributed by atoms with Crippen molar-refractivity contribution in [2.24, 2.45) is 0 Å². The van der Waals surface area contributed by atoms with Crippen molar-refractivity contribution in [1.29, 1.82) is 0 Å². The molecule has 2 unspecified atom stereocenters. The molecular formula is C29H29N3O5. The summed E-state index contributed by atoms with van der Waals surface area (Å²) in [5.41, 5.74) is 5.85. The summed E-state index contributed by atoms with van der Waals surface area (Å²) in [6, 6.07) is 14.8. The van der Waals surface area contributed by atoms with Crippen LogP contribution in [0, 0.1) is 6.92 Å². The Kier molecular flexibility index (Phi) is 5.32. The average molecular weight is 500 g/mol. The van der Waals surface area contributed by atoms with Crippen LogP contribution in [0.1, 0.15) is 71.8 Å². The number of benzene rings is 2. The Bertz CT molecular complexity index is 1470. The van der Waals surface area contributed by atoms with Crippen molar-refractivity contribution in [2.75, 3.05) is 4.90 Å². The zero-order valence-electron chi connectivity index (χ0n) is 20.7. The van der Waals surface area contributed by atoms with E-state index in [1.165, 1.54) is 5.56 Å². The molecule has 8 heteroatoms. The summed E-state index contributed by atoms with van der Waals surface area (Å²) in [5, 5.41) is 18.1. The smallest absolute Gasteiger partial charge is 0.358 e. The monoisotopic (exact) mass is 499 g/mol. The third-order valence-corrected chi connectivity index (χ3v) is 8.28. The van der Waals surface area contributed by atoms with E-state index in [0.29, 0.717) is 35.6 Å². The van der Waals surface area contributed by atoms with Gasteiger partial charge in [0.05, 0.1) is 18.1 Å². The SMILES string of the molecule is Cc1ccccc1-c1noc(C2CC2)c1COC1CC2CC[C@@H](C1)N2c1ccc2c(C(=O)O)noc2c1. The number of hydrogen-bond donors (Lipinski definition) is 1. The standard InChI is InChI=1S/C29H29N3O5/c1-16-4-2-3-5-22(16)26-24(28(37-30-26)17-6-7-17)15-35-21-12-18-8-9-19(13-21)32(18)20-10-11-23-25(14-20)36-31-27(23)29(33)34/h2-5,10-11,14,17-19,21H,6-9,12-13,15H2,1H3,(H,33,34)/t18-,19?,21?/m0/s1. The van der Waals surface area contributed by atoms with Crippen LogP contribution in [0.3, 0.4) is 0 Å². The van der Waals surface area contributed by atoms with Crippen molar-refractivity contribution in [1.82, 2.24) is 10.3 Å². The maximum Gasteiger partial charge on any atom is 0.358 e. The lowest BCUT2D eigenvalue weighted by Crippen LogP contribution is -2.45. The van der Waals surface area contributed by atoms with E-state index >= 15 is 0 Å². The van der Waals surface area contributed by atoms with E-state index in [-0.39, 0.29) is 11.8 Å². The number of fused-ring (bicyclic) bond motifs is 3. The number of rotatable bonds is 7. The van der Waals surface area contributed by atoms with Gasteiger partial charge in [-0.25, -0.2) is 4.79 Å². The van der Waals surface area contributed by atoms with Gasteiger partial charge in [-0.05, 0) is 63.1 Å². The molecule has 8 nitrogen and oxygen atoms in total. The van der Waals surface area contributed by atoms with Crippen LogP contribution < -0.4 is 4.90 Å². The number of ether oxygens (including phenoxy) is 1. The lowest BCUT2D eigenvalue weighted by molar-refractivity contribution is 0.0147.